The molecule has 0 N–H and O–H groups in total. The number of rotatable bonds is 0. The molecule has 2 rings (SSSR count). The summed E-state index contributed by atoms with van der Waals surface area (Å²) in [5.74, 6) is 0.144. The van der Waals surface area contributed by atoms with Crippen molar-refractivity contribution in [3.05, 3.63) is 20.8 Å². The van der Waals surface area contributed by atoms with Crippen molar-refractivity contribution >= 4 is 11.5 Å². The fraction of sp³-hybridized carbons (Fsp3) is 0.556. The Labute approximate surface area is 91.2 Å². The van der Waals surface area contributed by atoms with Crippen LogP contribution < -0.4 is 21.0 Å². The van der Waals surface area contributed by atoms with Gasteiger partial charge >= 0.3 is 5.69 Å². The Kier molecular flexibility index (Phi) is 1.29. The van der Waals surface area contributed by atoms with Crippen molar-refractivity contribution in [1.82, 2.24) is 9.13 Å². The van der Waals surface area contributed by atoms with Crippen molar-refractivity contribution in [2.75, 3.05) is 30.5 Å². The van der Waals surface area contributed by atoms with Crippen molar-refractivity contribution in [2.45, 2.75) is 0 Å². The minimum atomic E-state index is -2.39. The molecule has 1 aromatic heterocycles. The second kappa shape index (κ2) is 2.88. The molecule has 2 heterocycles. The molecular formula is C9H14N4O2. The summed E-state index contributed by atoms with van der Waals surface area (Å²) in [7, 11) is 4.45. The Morgan fingerprint density at radius 2 is 1.80 bits per heavy atom. The summed E-state index contributed by atoms with van der Waals surface area (Å²) in [6, 6.07) is 0. The molecule has 0 radical (unpaired) electrons. The van der Waals surface area contributed by atoms with Crippen LogP contribution in [0.5, 0.6) is 0 Å². The van der Waals surface area contributed by atoms with Crippen LogP contribution in [0.3, 0.4) is 0 Å². The van der Waals surface area contributed by atoms with Crippen LogP contribution in [-0.4, -0.2) is 29.8 Å². The molecule has 15 heavy (non-hydrogen) atoms. The topological polar surface area (TPSA) is 50.5 Å². The number of hydrogen-bond donors (Lipinski definition) is 0. The maximum atomic E-state index is 12.0. The van der Waals surface area contributed by atoms with Crippen LogP contribution in [0.4, 0.5) is 11.5 Å². The van der Waals surface area contributed by atoms with E-state index in [1.54, 1.807) is 7.05 Å². The number of fused-ring (bicyclic) bond motifs is 1. The minimum Gasteiger partial charge on any atom is -0.349 e. The van der Waals surface area contributed by atoms with Crippen molar-refractivity contribution in [3.8, 4) is 0 Å². The molecule has 1 aromatic rings. The zero-order valence-electron chi connectivity index (χ0n) is 11.8. The molecule has 0 spiro atoms. The zero-order chi connectivity index (χ0) is 13.8. The lowest BCUT2D eigenvalue weighted by atomic mass is 10.4. The highest BCUT2D eigenvalue weighted by Gasteiger charge is 2.27. The summed E-state index contributed by atoms with van der Waals surface area (Å²) in [5.41, 5.74) is -0.790. The maximum Gasteiger partial charge on any atom is 0.332 e. The summed E-state index contributed by atoms with van der Waals surface area (Å²) in [6.07, 6.45) is 0. The van der Waals surface area contributed by atoms with Crippen LogP contribution in [0, 0.1) is 0 Å². The average molecular weight is 213 g/mol. The van der Waals surface area contributed by atoms with Gasteiger partial charge in [-0.25, -0.2) is 4.79 Å². The first-order valence-electron chi connectivity index (χ1n) is 5.95. The van der Waals surface area contributed by atoms with Gasteiger partial charge in [0.25, 0.3) is 5.56 Å². The smallest absolute Gasteiger partial charge is 0.332 e. The largest absolute Gasteiger partial charge is 0.349 e. The molecular weight excluding hydrogens is 196 g/mol. The van der Waals surface area contributed by atoms with E-state index >= 15 is 0 Å². The quantitative estimate of drug-likeness (QED) is 0.550. The van der Waals surface area contributed by atoms with E-state index in [1.807, 2.05) is 0 Å². The van der Waals surface area contributed by atoms with Crippen molar-refractivity contribution in [1.29, 1.82) is 0 Å². The third-order valence-electron chi connectivity index (χ3n) is 2.60. The molecule has 0 unspecified atom stereocenters. The van der Waals surface area contributed by atoms with Crippen molar-refractivity contribution in [3.63, 3.8) is 0 Å². The monoisotopic (exact) mass is 213 g/mol. The van der Waals surface area contributed by atoms with Gasteiger partial charge in [0.05, 0.1) is 6.67 Å². The van der Waals surface area contributed by atoms with E-state index in [-0.39, 0.29) is 18.2 Å². The molecule has 0 saturated heterocycles. The van der Waals surface area contributed by atoms with Crippen LogP contribution >= 0.6 is 0 Å². The predicted molar refractivity (Wildman–Crippen MR) is 58.6 cm³/mol. The molecule has 1 aliphatic rings. The van der Waals surface area contributed by atoms with Gasteiger partial charge in [0.1, 0.15) is 11.5 Å². The summed E-state index contributed by atoms with van der Waals surface area (Å²) in [6.45, 7) is -2.34. The lowest BCUT2D eigenvalue weighted by Gasteiger charge is -2.13. The first-order chi connectivity index (χ1) is 8.16. The number of hydrogen-bond acceptors (Lipinski definition) is 4. The highest BCUT2D eigenvalue weighted by molar-refractivity contribution is 5.71. The van der Waals surface area contributed by atoms with Gasteiger partial charge in [0, 0.05) is 32.2 Å². The van der Waals surface area contributed by atoms with E-state index in [9.17, 15) is 9.59 Å². The van der Waals surface area contributed by atoms with E-state index in [4.69, 9.17) is 4.11 Å². The molecule has 0 fully saturated rings. The highest BCUT2D eigenvalue weighted by atomic mass is 16.2. The van der Waals surface area contributed by atoms with E-state index in [2.05, 4.69) is 0 Å². The fourth-order valence-electron chi connectivity index (χ4n) is 1.81. The van der Waals surface area contributed by atoms with E-state index < -0.39 is 18.2 Å². The van der Waals surface area contributed by atoms with Crippen LogP contribution in [0.2, 0.25) is 0 Å². The van der Waals surface area contributed by atoms with Crippen molar-refractivity contribution in [2.24, 2.45) is 14.1 Å². The van der Waals surface area contributed by atoms with Crippen LogP contribution in [0.25, 0.3) is 0 Å². The second-order valence-corrected chi connectivity index (χ2v) is 3.65. The first kappa shape index (κ1) is 6.71. The van der Waals surface area contributed by atoms with Gasteiger partial charge < -0.3 is 9.80 Å². The third-order valence-corrected chi connectivity index (χ3v) is 2.60. The summed E-state index contributed by atoms with van der Waals surface area (Å²) in [4.78, 5) is 26.4. The summed E-state index contributed by atoms with van der Waals surface area (Å²) >= 11 is 0. The SMILES string of the molecule is [2H]C([2H])([2H])N1CN(C)c2c1n(C)c(=O)n(C)c2=O. The van der Waals surface area contributed by atoms with Gasteiger partial charge in [-0.05, 0) is 0 Å². The van der Waals surface area contributed by atoms with E-state index in [0.717, 1.165) is 9.47 Å². The molecule has 0 bridgehead atoms. The Morgan fingerprint density at radius 1 is 1.13 bits per heavy atom. The number of aromatic nitrogens is 2. The molecule has 0 amide bonds. The van der Waals surface area contributed by atoms with Crippen molar-refractivity contribution < 1.29 is 4.11 Å². The Hall–Kier alpha value is -1.72. The average Bonchev–Trinajstić information content (AvgIpc) is 2.61. The fourth-order valence-corrected chi connectivity index (χ4v) is 1.81. The molecule has 0 aliphatic carbocycles. The maximum absolute atomic E-state index is 12.0. The van der Waals surface area contributed by atoms with Gasteiger partial charge in [0.15, 0.2) is 0 Å². The second-order valence-electron chi connectivity index (χ2n) is 3.65. The Morgan fingerprint density at radius 3 is 2.40 bits per heavy atom. The van der Waals surface area contributed by atoms with Crippen LogP contribution in [0.1, 0.15) is 4.11 Å². The van der Waals surface area contributed by atoms with E-state index in [1.165, 1.54) is 23.6 Å². The van der Waals surface area contributed by atoms with Gasteiger partial charge in [-0.2, -0.15) is 0 Å². The van der Waals surface area contributed by atoms with Gasteiger partial charge in [-0.15, -0.1) is 0 Å². The standard InChI is InChI=1S/C9H14N4O2/c1-10-5-11(2)7-6(10)8(14)13(4)9(15)12(7)3/h5H2,1-4H3/i2D3. The highest BCUT2D eigenvalue weighted by Crippen LogP contribution is 2.27. The molecule has 1 aliphatic heterocycles. The van der Waals surface area contributed by atoms with E-state index in [0.29, 0.717) is 0 Å². The molecule has 0 saturated carbocycles. The van der Waals surface area contributed by atoms with Gasteiger partial charge in [0.2, 0.25) is 0 Å². The Balaban J connectivity index is 2.84. The lowest BCUT2D eigenvalue weighted by molar-refractivity contribution is 0.689. The first-order valence-corrected chi connectivity index (χ1v) is 4.45. The normalized spacial score (nSPS) is 18.5. The Bertz CT molecular complexity index is 616. The molecule has 82 valence electrons. The lowest BCUT2D eigenvalue weighted by Crippen LogP contribution is -2.38. The number of nitrogens with zero attached hydrogens (tertiary/aromatic N) is 4. The molecule has 0 atom stereocenters. The third kappa shape index (κ3) is 1.10. The minimum absolute atomic E-state index is 0.0539. The summed E-state index contributed by atoms with van der Waals surface area (Å²) < 4.78 is 24.5. The van der Waals surface area contributed by atoms with Gasteiger partial charge in [-0.1, -0.05) is 0 Å². The van der Waals surface area contributed by atoms with Gasteiger partial charge in [-0.3, -0.25) is 13.9 Å². The van der Waals surface area contributed by atoms with Crippen LogP contribution in [-0.2, 0) is 14.1 Å². The van der Waals surface area contributed by atoms with Crippen LogP contribution in [0.15, 0.2) is 9.59 Å². The molecule has 6 heteroatoms. The molecule has 0 aromatic carbocycles. The zero-order valence-corrected chi connectivity index (χ0v) is 8.81. The summed E-state index contributed by atoms with van der Waals surface area (Å²) in [5, 5.41) is 0. The predicted octanol–water partition coefficient (Wildman–Crippen LogP) is -1.07. The number of anilines is 2. The molecule has 6 nitrogen and oxygen atoms in total.